The van der Waals surface area contributed by atoms with E-state index < -0.39 is 7.12 Å². The van der Waals surface area contributed by atoms with Gasteiger partial charge in [-0.3, -0.25) is 0 Å². The SMILES string of the molecule is OB(O)c1ccc2c3ccccc3n(-c3ccc4c5ccccc5c5ccccc5c4c3)c2c1. The number of benzene rings is 6. The molecule has 1 aromatic heterocycles. The van der Waals surface area contributed by atoms with E-state index in [2.05, 4.69) is 83.4 Å². The van der Waals surface area contributed by atoms with Gasteiger partial charge in [0.1, 0.15) is 0 Å². The van der Waals surface area contributed by atoms with E-state index >= 15 is 0 Å². The van der Waals surface area contributed by atoms with Crippen molar-refractivity contribution in [3.05, 3.63) is 109 Å². The number of rotatable bonds is 2. The molecule has 160 valence electrons. The summed E-state index contributed by atoms with van der Waals surface area (Å²) in [6, 6.07) is 37.8. The quantitative estimate of drug-likeness (QED) is 0.260. The van der Waals surface area contributed by atoms with Crippen LogP contribution in [0.15, 0.2) is 109 Å². The van der Waals surface area contributed by atoms with E-state index in [1.807, 2.05) is 24.3 Å². The molecule has 0 saturated carbocycles. The number of fused-ring (bicyclic) bond motifs is 9. The van der Waals surface area contributed by atoms with Crippen LogP contribution < -0.4 is 5.46 Å². The Kier molecular flexibility index (Phi) is 4.10. The minimum Gasteiger partial charge on any atom is -0.423 e. The highest BCUT2D eigenvalue weighted by atomic mass is 16.4. The maximum atomic E-state index is 9.83. The molecule has 0 bridgehead atoms. The number of hydrogen-bond acceptors (Lipinski definition) is 2. The van der Waals surface area contributed by atoms with Crippen molar-refractivity contribution < 1.29 is 10.0 Å². The second-order valence-corrected chi connectivity index (χ2v) is 8.82. The van der Waals surface area contributed by atoms with Gasteiger partial charge in [-0.05, 0) is 62.0 Å². The van der Waals surface area contributed by atoms with Gasteiger partial charge in [0.15, 0.2) is 0 Å². The molecule has 2 N–H and O–H groups in total. The number of para-hydroxylation sites is 1. The predicted molar refractivity (Wildman–Crippen MR) is 143 cm³/mol. The predicted octanol–water partition coefficient (Wildman–Crippen LogP) is 5.92. The molecule has 0 unspecified atom stereocenters. The Hall–Kier alpha value is -4.12. The van der Waals surface area contributed by atoms with Gasteiger partial charge in [0.25, 0.3) is 0 Å². The third-order valence-electron chi connectivity index (χ3n) is 6.98. The van der Waals surface area contributed by atoms with Crippen LogP contribution in [0.5, 0.6) is 0 Å². The molecule has 3 nitrogen and oxygen atoms in total. The van der Waals surface area contributed by atoms with Gasteiger partial charge in [0.05, 0.1) is 11.0 Å². The highest BCUT2D eigenvalue weighted by molar-refractivity contribution is 6.59. The molecular weight excluding hydrogens is 417 g/mol. The van der Waals surface area contributed by atoms with E-state index in [1.54, 1.807) is 6.07 Å². The van der Waals surface area contributed by atoms with Crippen molar-refractivity contribution in [2.45, 2.75) is 0 Å². The van der Waals surface area contributed by atoms with Crippen molar-refractivity contribution >= 4 is 66.7 Å². The van der Waals surface area contributed by atoms with Crippen LogP contribution in [0.1, 0.15) is 0 Å². The fraction of sp³-hybridized carbons (Fsp3) is 0. The van der Waals surface area contributed by atoms with Crippen LogP contribution in [0, 0.1) is 0 Å². The largest absolute Gasteiger partial charge is 0.488 e. The molecule has 34 heavy (non-hydrogen) atoms. The first-order valence-electron chi connectivity index (χ1n) is 11.4. The Morgan fingerprint density at radius 3 is 1.59 bits per heavy atom. The van der Waals surface area contributed by atoms with Crippen LogP contribution in [0.25, 0.3) is 59.8 Å². The van der Waals surface area contributed by atoms with Crippen LogP contribution in [0.2, 0.25) is 0 Å². The lowest BCUT2D eigenvalue weighted by molar-refractivity contribution is 0.426. The van der Waals surface area contributed by atoms with Crippen molar-refractivity contribution in [2.75, 3.05) is 0 Å². The van der Waals surface area contributed by atoms with Crippen LogP contribution in [0.4, 0.5) is 0 Å². The van der Waals surface area contributed by atoms with Crippen molar-refractivity contribution in [3.63, 3.8) is 0 Å². The molecule has 0 saturated heterocycles. The molecule has 0 radical (unpaired) electrons. The summed E-state index contributed by atoms with van der Waals surface area (Å²) in [6.07, 6.45) is 0. The highest BCUT2D eigenvalue weighted by Crippen LogP contribution is 2.38. The topological polar surface area (TPSA) is 45.4 Å². The minimum atomic E-state index is -1.51. The van der Waals surface area contributed by atoms with Gasteiger partial charge in [-0.15, -0.1) is 0 Å². The Morgan fingerprint density at radius 1 is 0.441 bits per heavy atom. The van der Waals surface area contributed by atoms with Crippen molar-refractivity contribution in [2.24, 2.45) is 0 Å². The van der Waals surface area contributed by atoms with E-state index in [9.17, 15) is 10.0 Å². The number of nitrogens with zero attached hydrogens (tertiary/aromatic N) is 1. The first kappa shape index (κ1) is 19.4. The minimum absolute atomic E-state index is 0.480. The van der Waals surface area contributed by atoms with Crippen LogP contribution >= 0.6 is 0 Å². The second kappa shape index (κ2) is 7.19. The van der Waals surface area contributed by atoms with E-state index in [-0.39, 0.29) is 0 Å². The number of hydrogen-bond donors (Lipinski definition) is 2. The zero-order valence-corrected chi connectivity index (χ0v) is 18.3. The van der Waals surface area contributed by atoms with Gasteiger partial charge in [0, 0.05) is 16.5 Å². The monoisotopic (exact) mass is 437 g/mol. The fourth-order valence-corrected chi connectivity index (χ4v) is 5.46. The normalized spacial score (nSPS) is 11.8. The summed E-state index contributed by atoms with van der Waals surface area (Å²) in [5, 5.41) is 29.3. The molecule has 0 atom stereocenters. The molecule has 0 aliphatic heterocycles. The van der Waals surface area contributed by atoms with E-state index in [0.29, 0.717) is 5.46 Å². The highest BCUT2D eigenvalue weighted by Gasteiger charge is 2.17. The Morgan fingerprint density at radius 2 is 0.941 bits per heavy atom. The summed E-state index contributed by atoms with van der Waals surface area (Å²) >= 11 is 0. The summed E-state index contributed by atoms with van der Waals surface area (Å²) in [5.74, 6) is 0. The van der Waals surface area contributed by atoms with Gasteiger partial charge in [0.2, 0.25) is 0 Å². The van der Waals surface area contributed by atoms with Gasteiger partial charge in [-0.2, -0.15) is 0 Å². The van der Waals surface area contributed by atoms with Gasteiger partial charge < -0.3 is 14.6 Å². The van der Waals surface area contributed by atoms with Crippen LogP contribution in [-0.2, 0) is 0 Å². The summed E-state index contributed by atoms with van der Waals surface area (Å²) in [5.41, 5.74) is 3.57. The summed E-state index contributed by atoms with van der Waals surface area (Å²) in [7, 11) is -1.51. The molecule has 0 aliphatic rings. The standard InChI is InChI=1S/C30H20BNO2/c33-31(34)19-13-15-27-26-11-5-6-12-29(26)32(30(27)17-19)20-14-16-25-23-9-2-1-7-21(23)22-8-3-4-10-24(22)28(25)18-20/h1-18,33-34H. The molecule has 1 heterocycles. The lowest BCUT2D eigenvalue weighted by Gasteiger charge is -2.14. The molecule has 0 fully saturated rings. The van der Waals surface area contributed by atoms with E-state index in [4.69, 9.17) is 0 Å². The summed E-state index contributed by atoms with van der Waals surface area (Å²) < 4.78 is 2.22. The zero-order valence-electron chi connectivity index (χ0n) is 18.3. The molecule has 0 amide bonds. The zero-order chi connectivity index (χ0) is 22.8. The Bertz CT molecular complexity index is 1870. The molecule has 6 aromatic carbocycles. The average molecular weight is 437 g/mol. The van der Waals surface area contributed by atoms with Crippen LogP contribution in [0.3, 0.4) is 0 Å². The molecule has 4 heteroatoms. The molecule has 0 spiro atoms. The Balaban J connectivity index is 1.63. The molecule has 0 aliphatic carbocycles. The smallest absolute Gasteiger partial charge is 0.423 e. The maximum absolute atomic E-state index is 9.83. The summed E-state index contributed by atoms with van der Waals surface area (Å²) in [4.78, 5) is 0. The Labute approximate surface area is 196 Å². The number of aromatic nitrogens is 1. The van der Waals surface area contributed by atoms with Crippen molar-refractivity contribution in [1.29, 1.82) is 0 Å². The lowest BCUT2D eigenvalue weighted by atomic mass is 9.80. The third-order valence-corrected chi connectivity index (χ3v) is 6.98. The maximum Gasteiger partial charge on any atom is 0.488 e. The fourth-order valence-electron chi connectivity index (χ4n) is 5.46. The molecule has 7 rings (SSSR count). The van der Waals surface area contributed by atoms with Crippen LogP contribution in [-0.4, -0.2) is 21.7 Å². The average Bonchev–Trinajstić information content (AvgIpc) is 3.22. The lowest BCUT2D eigenvalue weighted by Crippen LogP contribution is -2.29. The third kappa shape index (κ3) is 2.67. The molecular formula is C30H20BNO2. The van der Waals surface area contributed by atoms with E-state index in [0.717, 1.165) is 27.5 Å². The summed E-state index contributed by atoms with van der Waals surface area (Å²) in [6.45, 7) is 0. The molecule has 7 aromatic rings. The van der Waals surface area contributed by atoms with E-state index in [1.165, 1.54) is 32.3 Å². The van der Waals surface area contributed by atoms with Crippen molar-refractivity contribution in [1.82, 2.24) is 4.57 Å². The first-order chi connectivity index (χ1) is 16.7. The van der Waals surface area contributed by atoms with Gasteiger partial charge >= 0.3 is 7.12 Å². The van der Waals surface area contributed by atoms with Crippen molar-refractivity contribution in [3.8, 4) is 5.69 Å². The second-order valence-electron chi connectivity index (χ2n) is 8.82. The van der Waals surface area contributed by atoms with Gasteiger partial charge in [-0.25, -0.2) is 0 Å². The van der Waals surface area contributed by atoms with Gasteiger partial charge in [-0.1, -0.05) is 84.9 Å². The first-order valence-corrected chi connectivity index (χ1v) is 11.4.